The second kappa shape index (κ2) is 4.72. The normalized spacial score (nSPS) is 13.9. The van der Waals surface area contributed by atoms with Crippen molar-refractivity contribution in [3.8, 4) is 0 Å². The molecule has 3 N–H and O–H groups in total. The fourth-order valence-electron chi connectivity index (χ4n) is 1.73. The fraction of sp³-hybridized carbons (Fsp3) is 0.600. The second-order valence-corrected chi connectivity index (χ2v) is 4.80. The molecule has 2 rings (SSSR count). The number of aryl methyl sites for hydroxylation is 2. The minimum Gasteiger partial charge on any atom is -0.355 e. The van der Waals surface area contributed by atoms with Crippen LogP contribution in [-0.2, 0) is 24.1 Å². The summed E-state index contributed by atoms with van der Waals surface area (Å²) in [5.74, 6) is -0.0981. The van der Waals surface area contributed by atoms with E-state index in [2.05, 4.69) is 10.3 Å². The Morgan fingerprint density at radius 3 is 3.13 bits per heavy atom. The molecule has 0 unspecified atom stereocenters. The first-order valence-corrected chi connectivity index (χ1v) is 6.05. The first-order chi connectivity index (χ1) is 7.29. The molecule has 0 saturated heterocycles. The van der Waals surface area contributed by atoms with Gasteiger partial charge in [0.15, 0.2) is 0 Å². The van der Waals surface area contributed by atoms with Gasteiger partial charge in [0.05, 0.1) is 17.2 Å². The molecule has 4 nitrogen and oxygen atoms in total. The van der Waals surface area contributed by atoms with E-state index in [0.717, 1.165) is 17.8 Å². The molecule has 15 heavy (non-hydrogen) atoms. The van der Waals surface area contributed by atoms with Gasteiger partial charge in [-0.1, -0.05) is 0 Å². The topological polar surface area (TPSA) is 68.0 Å². The highest BCUT2D eigenvalue weighted by Gasteiger charge is 2.16. The van der Waals surface area contributed by atoms with Crippen LogP contribution in [0.4, 0.5) is 0 Å². The molecule has 1 amide bonds. The third-order valence-electron chi connectivity index (χ3n) is 2.49. The molecule has 1 aromatic heterocycles. The van der Waals surface area contributed by atoms with Crippen LogP contribution in [0.5, 0.6) is 0 Å². The molecular formula is C10H15N3OS. The third kappa shape index (κ3) is 2.54. The summed E-state index contributed by atoms with van der Waals surface area (Å²) in [6, 6.07) is 0. The Balaban J connectivity index is 1.81. The molecule has 5 heteroatoms. The Bertz CT molecular complexity index is 340. The molecule has 0 radical (unpaired) electrons. The van der Waals surface area contributed by atoms with Crippen molar-refractivity contribution in [3.63, 3.8) is 0 Å². The van der Waals surface area contributed by atoms with E-state index in [1.165, 1.54) is 23.4 Å². The summed E-state index contributed by atoms with van der Waals surface area (Å²) in [6.45, 7) is 0.705. The molecule has 82 valence electrons. The molecule has 0 saturated carbocycles. The van der Waals surface area contributed by atoms with E-state index in [9.17, 15) is 4.79 Å². The first kappa shape index (κ1) is 10.6. The van der Waals surface area contributed by atoms with Crippen molar-refractivity contribution >= 4 is 17.2 Å². The summed E-state index contributed by atoms with van der Waals surface area (Å²) < 4.78 is 0. The summed E-state index contributed by atoms with van der Waals surface area (Å²) in [5, 5.41) is 3.88. The van der Waals surface area contributed by atoms with Crippen LogP contribution in [0.2, 0.25) is 0 Å². The number of carbonyl (C=O) groups is 1. The number of thiazole rings is 1. The number of hydrogen-bond donors (Lipinski definition) is 2. The number of carbonyl (C=O) groups excluding carboxylic acids is 1. The van der Waals surface area contributed by atoms with Crippen molar-refractivity contribution in [3.05, 3.63) is 15.6 Å². The quantitative estimate of drug-likeness (QED) is 0.772. The van der Waals surface area contributed by atoms with Crippen molar-refractivity contribution in [2.75, 3.05) is 13.1 Å². The van der Waals surface area contributed by atoms with Crippen LogP contribution in [0, 0.1) is 0 Å². The zero-order valence-electron chi connectivity index (χ0n) is 8.58. The van der Waals surface area contributed by atoms with Crippen LogP contribution in [0.25, 0.3) is 0 Å². The van der Waals surface area contributed by atoms with Crippen LogP contribution >= 0.6 is 11.3 Å². The van der Waals surface area contributed by atoms with E-state index in [4.69, 9.17) is 5.73 Å². The predicted octanol–water partition coefficient (Wildman–Crippen LogP) is 0.249. The van der Waals surface area contributed by atoms with E-state index >= 15 is 0 Å². The SMILES string of the molecule is NCC(=O)NCCc1nc2c(s1)CCC2. The van der Waals surface area contributed by atoms with Gasteiger partial charge in [0.1, 0.15) is 0 Å². The Kier molecular flexibility index (Phi) is 3.33. The highest BCUT2D eigenvalue weighted by molar-refractivity contribution is 7.11. The highest BCUT2D eigenvalue weighted by atomic mass is 32.1. The molecule has 1 aromatic rings. The standard InChI is InChI=1S/C10H15N3OS/c11-6-9(14)12-5-4-10-13-7-2-1-3-8(7)15-10/h1-6,11H2,(H,12,14). The van der Waals surface area contributed by atoms with Gasteiger partial charge in [0.2, 0.25) is 5.91 Å². The highest BCUT2D eigenvalue weighted by Crippen LogP contribution is 2.27. The number of aromatic nitrogens is 1. The van der Waals surface area contributed by atoms with Gasteiger partial charge in [-0.15, -0.1) is 11.3 Å². The lowest BCUT2D eigenvalue weighted by Crippen LogP contribution is -2.31. The summed E-state index contributed by atoms with van der Waals surface area (Å²) in [4.78, 5) is 16.9. The number of fused-ring (bicyclic) bond motifs is 1. The van der Waals surface area contributed by atoms with Gasteiger partial charge < -0.3 is 11.1 Å². The minimum atomic E-state index is -0.0981. The van der Waals surface area contributed by atoms with E-state index in [1.807, 2.05) is 0 Å². The smallest absolute Gasteiger partial charge is 0.233 e. The predicted molar refractivity (Wildman–Crippen MR) is 59.9 cm³/mol. The van der Waals surface area contributed by atoms with E-state index in [1.54, 1.807) is 11.3 Å². The van der Waals surface area contributed by atoms with Gasteiger partial charge >= 0.3 is 0 Å². The monoisotopic (exact) mass is 225 g/mol. The zero-order valence-corrected chi connectivity index (χ0v) is 9.40. The molecule has 0 aromatic carbocycles. The van der Waals surface area contributed by atoms with Crippen molar-refractivity contribution in [2.24, 2.45) is 5.73 Å². The molecule has 0 fully saturated rings. The summed E-state index contributed by atoms with van der Waals surface area (Å²) >= 11 is 1.79. The minimum absolute atomic E-state index is 0.0639. The second-order valence-electron chi connectivity index (χ2n) is 3.64. The number of nitrogens with one attached hydrogen (secondary N) is 1. The van der Waals surface area contributed by atoms with E-state index in [-0.39, 0.29) is 12.5 Å². The average Bonchev–Trinajstić information content (AvgIpc) is 2.77. The molecule has 1 aliphatic carbocycles. The Labute approximate surface area is 92.9 Å². The van der Waals surface area contributed by atoms with Crippen LogP contribution in [0.15, 0.2) is 0 Å². The number of rotatable bonds is 4. The van der Waals surface area contributed by atoms with Gasteiger partial charge in [0, 0.05) is 17.8 Å². The molecule has 0 atom stereocenters. The molecular weight excluding hydrogens is 210 g/mol. The maximum absolute atomic E-state index is 10.9. The van der Waals surface area contributed by atoms with Crippen LogP contribution in [0.3, 0.4) is 0 Å². The molecule has 0 spiro atoms. The van der Waals surface area contributed by atoms with Crippen LogP contribution in [0.1, 0.15) is 22.0 Å². The number of nitrogens with two attached hydrogens (primary N) is 1. The van der Waals surface area contributed by atoms with Gasteiger partial charge in [-0.3, -0.25) is 4.79 Å². The first-order valence-electron chi connectivity index (χ1n) is 5.24. The van der Waals surface area contributed by atoms with Crippen LogP contribution < -0.4 is 11.1 Å². The van der Waals surface area contributed by atoms with Gasteiger partial charge in [-0.2, -0.15) is 0 Å². The molecule has 0 bridgehead atoms. The van der Waals surface area contributed by atoms with Crippen LogP contribution in [-0.4, -0.2) is 24.0 Å². The Morgan fingerprint density at radius 1 is 1.53 bits per heavy atom. The summed E-state index contributed by atoms with van der Waals surface area (Å²) in [6.07, 6.45) is 4.38. The summed E-state index contributed by atoms with van der Waals surface area (Å²) in [7, 11) is 0. The van der Waals surface area contributed by atoms with Crippen molar-refractivity contribution in [2.45, 2.75) is 25.7 Å². The van der Waals surface area contributed by atoms with Gasteiger partial charge in [-0.05, 0) is 19.3 Å². The summed E-state index contributed by atoms with van der Waals surface area (Å²) in [5.41, 5.74) is 6.46. The molecule has 0 aliphatic heterocycles. The Hall–Kier alpha value is -0.940. The van der Waals surface area contributed by atoms with Crippen molar-refractivity contribution in [1.82, 2.24) is 10.3 Å². The van der Waals surface area contributed by atoms with E-state index in [0.29, 0.717) is 6.54 Å². The van der Waals surface area contributed by atoms with Crippen molar-refractivity contribution < 1.29 is 4.79 Å². The van der Waals surface area contributed by atoms with Gasteiger partial charge in [-0.25, -0.2) is 4.98 Å². The maximum Gasteiger partial charge on any atom is 0.233 e. The largest absolute Gasteiger partial charge is 0.355 e. The number of nitrogens with zero attached hydrogens (tertiary/aromatic N) is 1. The molecule has 1 heterocycles. The lowest BCUT2D eigenvalue weighted by Gasteiger charge is -2.00. The fourth-order valence-corrected chi connectivity index (χ4v) is 2.89. The van der Waals surface area contributed by atoms with Gasteiger partial charge in [0.25, 0.3) is 0 Å². The van der Waals surface area contributed by atoms with E-state index < -0.39 is 0 Å². The number of amides is 1. The van der Waals surface area contributed by atoms with Crippen molar-refractivity contribution in [1.29, 1.82) is 0 Å². The average molecular weight is 225 g/mol. The number of hydrogen-bond acceptors (Lipinski definition) is 4. The molecule has 1 aliphatic rings. The zero-order chi connectivity index (χ0) is 10.7. The maximum atomic E-state index is 10.9. The lowest BCUT2D eigenvalue weighted by molar-refractivity contribution is -0.119. The lowest BCUT2D eigenvalue weighted by atomic mass is 10.3. The Morgan fingerprint density at radius 2 is 2.40 bits per heavy atom. The third-order valence-corrected chi connectivity index (χ3v) is 3.70.